The second-order valence-corrected chi connectivity index (χ2v) is 9.35. The highest BCUT2D eigenvalue weighted by Crippen LogP contribution is 2.27. The minimum absolute atomic E-state index is 0.0940. The van der Waals surface area contributed by atoms with Gasteiger partial charge < -0.3 is 25.4 Å². The summed E-state index contributed by atoms with van der Waals surface area (Å²) in [7, 11) is 0. The number of hydrogen-bond donors (Lipinski definition) is 4. The molecule has 1 aliphatic heterocycles. The average Bonchev–Trinajstić information content (AvgIpc) is 3.44. The number of benzene rings is 3. The van der Waals surface area contributed by atoms with Crippen molar-refractivity contribution in [1.29, 1.82) is 0 Å². The molecule has 40 heavy (non-hydrogen) atoms. The molecule has 0 bridgehead atoms. The number of carbonyl (C=O) groups excluding carboxylic acids is 4. The van der Waals surface area contributed by atoms with Gasteiger partial charge in [-0.1, -0.05) is 30.3 Å². The quantitative estimate of drug-likeness (QED) is 0.126. The summed E-state index contributed by atoms with van der Waals surface area (Å²) in [6.07, 6.45) is 9.48. The number of piperazine rings is 1. The maximum absolute atomic E-state index is 13.2. The van der Waals surface area contributed by atoms with E-state index >= 15 is 0 Å². The molecule has 4 amide bonds. The number of aromatic nitrogens is 1. The Labute approximate surface area is 237 Å². The molecule has 4 aromatic rings. The van der Waals surface area contributed by atoms with E-state index in [0.29, 0.717) is 40.9 Å². The molecule has 1 aliphatic rings. The summed E-state index contributed by atoms with van der Waals surface area (Å²) in [6.45, 7) is 1.24. The van der Waals surface area contributed by atoms with Crippen LogP contribution in [0.15, 0.2) is 83.9 Å². The van der Waals surface area contributed by atoms with Gasteiger partial charge in [0.15, 0.2) is 0 Å². The molecule has 1 aromatic heterocycles. The highest BCUT2D eigenvalue weighted by Gasteiger charge is 2.30. The number of fused-ring (bicyclic) bond motifs is 1. The van der Waals surface area contributed by atoms with Crippen LogP contribution in [0.4, 0.5) is 16.2 Å². The van der Waals surface area contributed by atoms with Crippen molar-refractivity contribution in [3.05, 3.63) is 90.1 Å². The van der Waals surface area contributed by atoms with E-state index in [1.807, 2.05) is 18.2 Å². The Bertz CT molecular complexity index is 1560. The Kier molecular flexibility index (Phi) is 8.89. The Hall–Kier alpha value is -5.01. The van der Waals surface area contributed by atoms with Gasteiger partial charge in [0, 0.05) is 53.9 Å². The molecular formula is C30H27N5O4S. The van der Waals surface area contributed by atoms with E-state index in [4.69, 9.17) is 0 Å². The number of nitrogens with zero attached hydrogens (tertiary/aromatic N) is 2. The molecule has 0 saturated carbocycles. The Morgan fingerprint density at radius 2 is 1.43 bits per heavy atom. The van der Waals surface area contributed by atoms with Crippen LogP contribution in [0.1, 0.15) is 20.7 Å². The number of urea groups is 1. The van der Waals surface area contributed by atoms with Crippen molar-refractivity contribution in [2.45, 2.75) is 4.90 Å². The summed E-state index contributed by atoms with van der Waals surface area (Å²) < 4.78 is 0. The van der Waals surface area contributed by atoms with Crippen LogP contribution >= 0.6 is 12.6 Å². The van der Waals surface area contributed by atoms with Crippen molar-refractivity contribution in [2.75, 3.05) is 36.8 Å². The topological polar surface area (TPSA) is 115 Å². The van der Waals surface area contributed by atoms with Crippen molar-refractivity contribution in [3.63, 3.8) is 0 Å². The minimum Gasteiger partial charge on any atom is -0.359 e. The van der Waals surface area contributed by atoms with Gasteiger partial charge >= 0.3 is 6.03 Å². The first-order valence-electron chi connectivity index (χ1n) is 12.4. The van der Waals surface area contributed by atoms with Crippen LogP contribution < -0.4 is 10.6 Å². The summed E-state index contributed by atoms with van der Waals surface area (Å²) in [6, 6.07) is 20.6. The number of hydrogen-bond acceptors (Lipinski definition) is 5. The number of thiol groups is 1. The number of Topliss-reactive ketones (excluding diaryl/α,β-unsaturated/α-hetero) is 1. The number of terminal acetylenes is 1. The van der Waals surface area contributed by atoms with Gasteiger partial charge in [-0.25, -0.2) is 4.79 Å². The number of para-hydroxylation sites is 1. The third-order valence-corrected chi connectivity index (χ3v) is 6.70. The number of carbonyl (C=O) groups is 4. The molecule has 0 unspecified atom stereocenters. The van der Waals surface area contributed by atoms with Gasteiger partial charge in [0.1, 0.15) is 0 Å². The number of aromatic amines is 1. The Morgan fingerprint density at radius 3 is 2.10 bits per heavy atom. The van der Waals surface area contributed by atoms with Gasteiger partial charge in [-0.3, -0.25) is 14.4 Å². The minimum atomic E-state index is -0.646. The number of amides is 4. The molecule has 0 atom stereocenters. The average molecular weight is 554 g/mol. The molecule has 10 heteroatoms. The fourth-order valence-corrected chi connectivity index (χ4v) is 4.56. The second kappa shape index (κ2) is 12.7. The maximum Gasteiger partial charge on any atom is 0.323 e. The van der Waals surface area contributed by atoms with E-state index in [1.54, 1.807) is 59.5 Å². The van der Waals surface area contributed by atoms with Gasteiger partial charge in [0.05, 0.1) is 16.8 Å². The lowest BCUT2D eigenvalue weighted by Crippen LogP contribution is -2.52. The molecule has 1 saturated heterocycles. The van der Waals surface area contributed by atoms with Crippen molar-refractivity contribution in [2.24, 2.45) is 0 Å². The number of H-pyrrole nitrogens is 1. The molecule has 2 heterocycles. The fourth-order valence-electron chi connectivity index (χ4n) is 4.41. The molecule has 3 N–H and O–H groups in total. The molecule has 5 rings (SSSR count). The van der Waals surface area contributed by atoms with Crippen molar-refractivity contribution >= 4 is 58.5 Å². The highest BCUT2D eigenvalue weighted by molar-refractivity contribution is 7.80. The van der Waals surface area contributed by atoms with Crippen molar-refractivity contribution < 1.29 is 19.2 Å². The predicted molar refractivity (Wildman–Crippen MR) is 158 cm³/mol. The highest BCUT2D eigenvalue weighted by atomic mass is 32.1. The standard InChI is InChI=1S/C28H25N5O4S.C2H2/c34-25(27(36)33-15-13-32(14-16-33)26(35)18-5-2-1-3-6-18)22-17-29-24-21(22)7-4-8-23(24)31-28(37)30-19-9-11-20(38)12-10-19;1-2/h1-12,17,29,38H,13-16H2,(H2,30,31,37);1-2H. The van der Waals surface area contributed by atoms with Gasteiger partial charge in [0.2, 0.25) is 0 Å². The van der Waals surface area contributed by atoms with Gasteiger partial charge in [-0.15, -0.1) is 25.5 Å². The number of anilines is 2. The van der Waals surface area contributed by atoms with Crippen LogP contribution in [0.5, 0.6) is 0 Å². The smallest absolute Gasteiger partial charge is 0.323 e. The van der Waals surface area contributed by atoms with E-state index in [1.165, 1.54) is 11.1 Å². The third kappa shape index (κ3) is 6.17. The van der Waals surface area contributed by atoms with E-state index < -0.39 is 17.7 Å². The lowest BCUT2D eigenvalue weighted by atomic mass is 10.1. The number of ketones is 1. The monoisotopic (exact) mass is 553 g/mol. The molecular weight excluding hydrogens is 526 g/mol. The summed E-state index contributed by atoms with van der Waals surface area (Å²) in [5, 5.41) is 6.05. The van der Waals surface area contributed by atoms with Crippen molar-refractivity contribution in [3.8, 4) is 12.8 Å². The van der Waals surface area contributed by atoms with E-state index in [-0.39, 0.29) is 24.6 Å². The fraction of sp³-hybridized carbons (Fsp3) is 0.133. The summed E-state index contributed by atoms with van der Waals surface area (Å²) in [5.41, 5.74) is 2.41. The molecule has 0 spiro atoms. The molecule has 9 nitrogen and oxygen atoms in total. The van der Waals surface area contributed by atoms with E-state index in [0.717, 1.165) is 4.90 Å². The van der Waals surface area contributed by atoms with Gasteiger partial charge in [-0.05, 0) is 42.5 Å². The normalized spacial score (nSPS) is 12.7. The van der Waals surface area contributed by atoms with E-state index in [2.05, 4.69) is 41.1 Å². The predicted octanol–water partition coefficient (Wildman–Crippen LogP) is 4.52. The Balaban J connectivity index is 0.00000181. The van der Waals surface area contributed by atoms with Crippen LogP contribution in [-0.2, 0) is 4.79 Å². The van der Waals surface area contributed by atoms with Crippen LogP contribution in [0.25, 0.3) is 10.9 Å². The molecule has 3 aromatic carbocycles. The van der Waals surface area contributed by atoms with Gasteiger partial charge in [0.25, 0.3) is 17.6 Å². The van der Waals surface area contributed by atoms with Gasteiger partial charge in [-0.2, -0.15) is 0 Å². The lowest BCUT2D eigenvalue weighted by molar-refractivity contribution is -0.127. The Morgan fingerprint density at radius 1 is 0.775 bits per heavy atom. The first-order chi connectivity index (χ1) is 19.4. The summed E-state index contributed by atoms with van der Waals surface area (Å²) >= 11 is 4.23. The molecule has 0 radical (unpaired) electrons. The number of rotatable bonds is 5. The molecule has 202 valence electrons. The zero-order valence-corrected chi connectivity index (χ0v) is 22.4. The first kappa shape index (κ1) is 28.0. The largest absolute Gasteiger partial charge is 0.359 e. The maximum atomic E-state index is 13.2. The SMILES string of the molecule is C#C.O=C(Nc1ccc(S)cc1)Nc1cccc2c(C(=O)C(=O)N3CCN(C(=O)c4ccccc4)CC3)c[nH]c12. The van der Waals surface area contributed by atoms with Crippen LogP contribution in [0, 0.1) is 12.8 Å². The zero-order valence-electron chi connectivity index (χ0n) is 21.5. The second-order valence-electron chi connectivity index (χ2n) is 8.84. The van der Waals surface area contributed by atoms with Crippen molar-refractivity contribution in [1.82, 2.24) is 14.8 Å². The first-order valence-corrected chi connectivity index (χ1v) is 12.8. The molecule has 0 aliphatic carbocycles. The van der Waals surface area contributed by atoms with Crippen LogP contribution in [0.3, 0.4) is 0 Å². The molecule has 1 fully saturated rings. The summed E-state index contributed by atoms with van der Waals surface area (Å²) in [4.78, 5) is 58.4. The zero-order chi connectivity index (χ0) is 28.6. The number of nitrogens with one attached hydrogen (secondary N) is 3. The lowest BCUT2D eigenvalue weighted by Gasteiger charge is -2.34. The van der Waals surface area contributed by atoms with Crippen LogP contribution in [0.2, 0.25) is 0 Å². The third-order valence-electron chi connectivity index (χ3n) is 6.40. The van der Waals surface area contributed by atoms with Crippen LogP contribution in [-0.4, -0.2) is 64.6 Å². The van der Waals surface area contributed by atoms with E-state index in [9.17, 15) is 19.2 Å². The summed E-state index contributed by atoms with van der Waals surface area (Å²) in [5.74, 6) is -1.36.